The molecule has 1 aliphatic carbocycles. The number of halogens is 2. The van der Waals surface area contributed by atoms with Crippen LogP contribution >= 0.6 is 11.6 Å². The van der Waals surface area contributed by atoms with E-state index in [2.05, 4.69) is 0 Å². The average molecular weight is 387 g/mol. The number of benzene rings is 1. The second-order valence-corrected chi connectivity index (χ2v) is 8.63. The lowest BCUT2D eigenvalue weighted by molar-refractivity contribution is -0.128. The zero-order valence-electron chi connectivity index (χ0n) is 13.7. The molecule has 0 saturated carbocycles. The van der Waals surface area contributed by atoms with Crippen molar-refractivity contribution in [1.82, 2.24) is 9.21 Å². The Hall–Kier alpha value is -1.44. The maximum atomic E-state index is 13.0. The van der Waals surface area contributed by atoms with Crippen LogP contribution in [0.2, 0.25) is 0 Å². The van der Waals surface area contributed by atoms with E-state index in [1.54, 1.807) is 4.90 Å². The molecule has 1 amide bonds. The highest BCUT2D eigenvalue weighted by Crippen LogP contribution is 2.29. The maximum absolute atomic E-state index is 13.0. The van der Waals surface area contributed by atoms with Gasteiger partial charge in [0.05, 0.1) is 4.90 Å². The summed E-state index contributed by atoms with van der Waals surface area (Å²) < 4.78 is 39.5. The standard InChI is InChI=1S/C17H20ClFN2O3S/c18-16-4-2-1-3-15(16)17(22)20-9-11-21(12-10-20)25(23,24)14-7-5-13(19)6-8-14/h5-8H,1-4,9-12H2. The Morgan fingerprint density at radius 2 is 1.60 bits per heavy atom. The Morgan fingerprint density at radius 1 is 1.00 bits per heavy atom. The van der Waals surface area contributed by atoms with Gasteiger partial charge in [0.2, 0.25) is 10.0 Å². The van der Waals surface area contributed by atoms with Crippen molar-refractivity contribution in [3.8, 4) is 0 Å². The van der Waals surface area contributed by atoms with Crippen molar-refractivity contribution in [3.05, 3.63) is 40.7 Å². The quantitative estimate of drug-likeness (QED) is 0.802. The molecule has 0 unspecified atom stereocenters. The van der Waals surface area contributed by atoms with E-state index >= 15 is 0 Å². The van der Waals surface area contributed by atoms with Crippen molar-refractivity contribution in [2.24, 2.45) is 0 Å². The SMILES string of the molecule is O=C(C1=C(Cl)CCCC1)N1CCN(S(=O)(=O)c2ccc(F)cc2)CC1. The molecule has 2 aliphatic rings. The van der Waals surface area contributed by atoms with Crippen molar-refractivity contribution in [1.29, 1.82) is 0 Å². The molecule has 1 aromatic carbocycles. The van der Waals surface area contributed by atoms with Crippen LogP contribution in [0, 0.1) is 5.82 Å². The lowest BCUT2D eigenvalue weighted by Gasteiger charge is -2.35. The number of carbonyl (C=O) groups is 1. The molecule has 25 heavy (non-hydrogen) atoms. The summed E-state index contributed by atoms with van der Waals surface area (Å²) in [6, 6.07) is 4.78. The van der Waals surface area contributed by atoms with Gasteiger partial charge in [-0.2, -0.15) is 4.31 Å². The summed E-state index contributed by atoms with van der Waals surface area (Å²) >= 11 is 6.19. The smallest absolute Gasteiger partial charge is 0.251 e. The molecule has 1 saturated heterocycles. The summed E-state index contributed by atoms with van der Waals surface area (Å²) in [6.07, 6.45) is 3.38. The minimum absolute atomic E-state index is 0.0618. The van der Waals surface area contributed by atoms with E-state index in [9.17, 15) is 17.6 Å². The number of allylic oxidation sites excluding steroid dienone is 1. The molecule has 0 atom stereocenters. The van der Waals surface area contributed by atoms with Gasteiger partial charge >= 0.3 is 0 Å². The van der Waals surface area contributed by atoms with Crippen molar-refractivity contribution in [3.63, 3.8) is 0 Å². The highest BCUT2D eigenvalue weighted by atomic mass is 35.5. The largest absolute Gasteiger partial charge is 0.336 e. The molecule has 1 fully saturated rings. The fourth-order valence-corrected chi connectivity index (χ4v) is 4.90. The third-order valence-corrected chi connectivity index (χ3v) is 6.97. The van der Waals surface area contributed by atoms with Gasteiger partial charge in [-0.3, -0.25) is 4.79 Å². The van der Waals surface area contributed by atoms with Crippen molar-refractivity contribution < 1.29 is 17.6 Å². The van der Waals surface area contributed by atoms with E-state index in [-0.39, 0.29) is 23.9 Å². The number of rotatable bonds is 3. The van der Waals surface area contributed by atoms with Crippen LogP contribution in [0.5, 0.6) is 0 Å². The molecule has 0 radical (unpaired) electrons. The van der Waals surface area contributed by atoms with Gasteiger partial charge in [-0.1, -0.05) is 11.6 Å². The Balaban J connectivity index is 1.67. The van der Waals surface area contributed by atoms with Gasteiger partial charge in [0.25, 0.3) is 5.91 Å². The van der Waals surface area contributed by atoms with E-state index in [1.165, 1.54) is 16.4 Å². The van der Waals surface area contributed by atoms with Crippen LogP contribution in [0.25, 0.3) is 0 Å². The fraction of sp³-hybridized carbons (Fsp3) is 0.471. The molecule has 8 heteroatoms. The first kappa shape index (κ1) is 18.4. The molecular weight excluding hydrogens is 367 g/mol. The Morgan fingerprint density at radius 3 is 2.20 bits per heavy atom. The Labute approximate surface area is 152 Å². The van der Waals surface area contributed by atoms with E-state index < -0.39 is 15.8 Å². The number of carbonyl (C=O) groups excluding carboxylic acids is 1. The number of nitrogens with zero attached hydrogens (tertiary/aromatic N) is 2. The number of sulfonamides is 1. The summed E-state index contributed by atoms with van der Waals surface area (Å²) in [7, 11) is -3.67. The Kier molecular flexibility index (Phi) is 5.46. The summed E-state index contributed by atoms with van der Waals surface area (Å²) in [5, 5.41) is 0.637. The van der Waals surface area contributed by atoms with E-state index in [4.69, 9.17) is 11.6 Å². The fourth-order valence-electron chi connectivity index (χ4n) is 3.17. The van der Waals surface area contributed by atoms with Gasteiger partial charge in [0.1, 0.15) is 5.82 Å². The van der Waals surface area contributed by atoms with E-state index in [1.807, 2.05) is 0 Å². The van der Waals surface area contributed by atoms with E-state index in [0.29, 0.717) is 30.1 Å². The van der Waals surface area contributed by atoms with Gasteiger partial charge in [-0.25, -0.2) is 12.8 Å². The number of hydrogen-bond acceptors (Lipinski definition) is 3. The number of piperazine rings is 1. The first-order valence-electron chi connectivity index (χ1n) is 8.32. The molecular formula is C17H20ClFN2O3S. The molecule has 5 nitrogen and oxygen atoms in total. The van der Waals surface area contributed by atoms with Crippen LogP contribution in [-0.4, -0.2) is 49.7 Å². The lowest BCUT2D eigenvalue weighted by atomic mass is 9.98. The maximum Gasteiger partial charge on any atom is 0.251 e. The predicted molar refractivity (Wildman–Crippen MR) is 93.1 cm³/mol. The summed E-state index contributed by atoms with van der Waals surface area (Å²) in [6.45, 7) is 1.09. The van der Waals surface area contributed by atoms with Gasteiger partial charge in [-0.05, 0) is 49.9 Å². The molecule has 3 rings (SSSR count). The monoisotopic (exact) mass is 386 g/mol. The van der Waals surface area contributed by atoms with Gasteiger partial charge in [0.15, 0.2) is 0 Å². The predicted octanol–water partition coefficient (Wildman–Crippen LogP) is 2.73. The minimum atomic E-state index is -3.67. The Bertz CT molecular complexity index is 785. The van der Waals surface area contributed by atoms with Crippen LogP contribution < -0.4 is 0 Å². The molecule has 0 aromatic heterocycles. The molecule has 1 aliphatic heterocycles. The second kappa shape index (κ2) is 7.43. The molecule has 0 N–H and O–H groups in total. The average Bonchev–Trinajstić information content (AvgIpc) is 2.62. The van der Waals surface area contributed by atoms with Crippen LogP contribution in [-0.2, 0) is 14.8 Å². The molecule has 1 heterocycles. The summed E-state index contributed by atoms with van der Waals surface area (Å²) in [5.41, 5.74) is 0.669. The number of amides is 1. The van der Waals surface area contributed by atoms with Crippen LogP contribution in [0.4, 0.5) is 4.39 Å². The molecule has 0 bridgehead atoms. The van der Waals surface area contributed by atoms with Crippen LogP contribution in [0.1, 0.15) is 25.7 Å². The van der Waals surface area contributed by atoms with Gasteiger partial charge < -0.3 is 4.90 Å². The van der Waals surface area contributed by atoms with Crippen molar-refractivity contribution in [2.45, 2.75) is 30.6 Å². The van der Waals surface area contributed by atoms with E-state index in [0.717, 1.165) is 31.4 Å². The first-order valence-corrected chi connectivity index (χ1v) is 10.1. The van der Waals surface area contributed by atoms with Crippen LogP contribution in [0.15, 0.2) is 39.8 Å². The highest BCUT2D eigenvalue weighted by molar-refractivity contribution is 7.89. The molecule has 1 aromatic rings. The third kappa shape index (κ3) is 3.88. The zero-order valence-corrected chi connectivity index (χ0v) is 15.3. The van der Waals surface area contributed by atoms with Crippen molar-refractivity contribution >= 4 is 27.5 Å². The zero-order chi connectivity index (χ0) is 18.0. The van der Waals surface area contributed by atoms with Crippen molar-refractivity contribution in [2.75, 3.05) is 26.2 Å². The molecule has 136 valence electrons. The van der Waals surface area contributed by atoms with Crippen LogP contribution in [0.3, 0.4) is 0 Å². The summed E-state index contributed by atoms with van der Waals surface area (Å²) in [5.74, 6) is -0.560. The topological polar surface area (TPSA) is 57.7 Å². The normalized spacial score (nSPS) is 20.0. The van der Waals surface area contributed by atoms with Gasteiger partial charge in [0, 0.05) is 36.8 Å². The highest BCUT2D eigenvalue weighted by Gasteiger charge is 2.31. The first-order chi connectivity index (χ1) is 11.9. The summed E-state index contributed by atoms with van der Waals surface area (Å²) in [4.78, 5) is 14.3. The third-order valence-electron chi connectivity index (χ3n) is 4.64. The number of hydrogen-bond donors (Lipinski definition) is 0. The molecule has 0 spiro atoms. The van der Waals surface area contributed by atoms with Gasteiger partial charge in [-0.15, -0.1) is 0 Å². The minimum Gasteiger partial charge on any atom is -0.336 e. The second-order valence-electron chi connectivity index (χ2n) is 6.24. The lowest BCUT2D eigenvalue weighted by Crippen LogP contribution is -2.51.